The number of hydrogen-bond acceptors (Lipinski definition) is 2. The molecule has 0 spiro atoms. The number of aryl methyl sites for hydroxylation is 1. The number of aromatic hydroxyl groups is 1. The topological polar surface area (TPSA) is 49.3 Å². The summed E-state index contributed by atoms with van der Waals surface area (Å²) in [4.78, 5) is 12.2. The average Bonchev–Trinajstić information content (AvgIpc) is 2.44. The molecule has 110 valence electrons. The predicted molar refractivity (Wildman–Crippen MR) is 89.0 cm³/mol. The van der Waals surface area contributed by atoms with Crippen molar-refractivity contribution in [3.05, 3.63) is 57.6 Å². The van der Waals surface area contributed by atoms with Gasteiger partial charge in [0.05, 0.1) is 4.47 Å². The van der Waals surface area contributed by atoms with Crippen LogP contribution in [0.15, 0.2) is 40.9 Å². The van der Waals surface area contributed by atoms with Crippen LogP contribution in [-0.2, 0) is 0 Å². The van der Waals surface area contributed by atoms with E-state index in [1.165, 1.54) is 5.56 Å². The zero-order valence-corrected chi connectivity index (χ0v) is 13.9. The second-order valence-electron chi connectivity index (χ2n) is 5.35. The van der Waals surface area contributed by atoms with Crippen LogP contribution in [0.2, 0.25) is 0 Å². The van der Waals surface area contributed by atoms with Gasteiger partial charge in [0.1, 0.15) is 5.75 Å². The maximum absolute atomic E-state index is 12.2. The molecular formula is C17H18BrNO2. The molecule has 0 radical (unpaired) electrons. The monoisotopic (exact) mass is 347 g/mol. The summed E-state index contributed by atoms with van der Waals surface area (Å²) in [5, 5.41) is 12.5. The van der Waals surface area contributed by atoms with Crippen LogP contribution in [0.3, 0.4) is 0 Å². The number of rotatable bonds is 3. The Morgan fingerprint density at radius 2 is 1.81 bits per heavy atom. The molecule has 0 saturated heterocycles. The zero-order valence-electron chi connectivity index (χ0n) is 12.3. The second-order valence-corrected chi connectivity index (χ2v) is 6.21. The number of carbonyl (C=O) groups is 1. The number of phenolic OH excluding ortho intramolecular Hbond substituents is 1. The highest BCUT2D eigenvalue weighted by molar-refractivity contribution is 9.10. The van der Waals surface area contributed by atoms with Gasteiger partial charge in [-0.25, -0.2) is 0 Å². The quantitative estimate of drug-likeness (QED) is 0.780. The van der Waals surface area contributed by atoms with Crippen molar-refractivity contribution >= 4 is 27.5 Å². The van der Waals surface area contributed by atoms with Crippen LogP contribution in [-0.4, -0.2) is 11.0 Å². The van der Waals surface area contributed by atoms with Crippen molar-refractivity contribution in [1.29, 1.82) is 0 Å². The van der Waals surface area contributed by atoms with Crippen LogP contribution in [0.4, 0.5) is 5.69 Å². The Labute approximate surface area is 133 Å². The van der Waals surface area contributed by atoms with E-state index in [-0.39, 0.29) is 11.7 Å². The van der Waals surface area contributed by atoms with Gasteiger partial charge >= 0.3 is 0 Å². The molecule has 0 bridgehead atoms. The van der Waals surface area contributed by atoms with Crippen molar-refractivity contribution in [2.45, 2.75) is 26.7 Å². The minimum absolute atomic E-state index is 0.165. The first kappa shape index (κ1) is 15.6. The second kappa shape index (κ2) is 6.31. The Kier molecular flexibility index (Phi) is 4.68. The van der Waals surface area contributed by atoms with E-state index in [9.17, 15) is 9.90 Å². The van der Waals surface area contributed by atoms with E-state index in [1.54, 1.807) is 19.1 Å². The van der Waals surface area contributed by atoms with Gasteiger partial charge in [0.25, 0.3) is 5.91 Å². The minimum atomic E-state index is -0.165. The Balaban J connectivity index is 2.18. The lowest BCUT2D eigenvalue weighted by Gasteiger charge is -2.10. The number of amides is 1. The Morgan fingerprint density at radius 1 is 1.19 bits per heavy atom. The highest BCUT2D eigenvalue weighted by Crippen LogP contribution is 2.31. The molecule has 2 aromatic carbocycles. The van der Waals surface area contributed by atoms with Gasteiger partial charge < -0.3 is 10.4 Å². The summed E-state index contributed by atoms with van der Waals surface area (Å²) >= 11 is 3.27. The van der Waals surface area contributed by atoms with Crippen molar-refractivity contribution in [3.63, 3.8) is 0 Å². The molecule has 4 heteroatoms. The molecular weight excluding hydrogens is 330 g/mol. The zero-order chi connectivity index (χ0) is 15.6. The number of phenols is 1. The first-order valence-corrected chi connectivity index (χ1v) is 7.58. The van der Waals surface area contributed by atoms with Gasteiger partial charge in [-0.05, 0) is 64.2 Å². The van der Waals surface area contributed by atoms with E-state index in [2.05, 4.69) is 35.1 Å². The fourth-order valence-electron chi connectivity index (χ4n) is 2.03. The van der Waals surface area contributed by atoms with Crippen LogP contribution >= 0.6 is 15.9 Å². The molecule has 1 amide bonds. The third-order valence-electron chi connectivity index (χ3n) is 3.35. The largest absolute Gasteiger partial charge is 0.506 e. The molecule has 0 atom stereocenters. The van der Waals surface area contributed by atoms with Crippen LogP contribution in [0.25, 0.3) is 0 Å². The fourth-order valence-corrected chi connectivity index (χ4v) is 2.59. The summed E-state index contributed by atoms with van der Waals surface area (Å²) in [5.41, 5.74) is 3.17. The molecule has 0 unspecified atom stereocenters. The lowest BCUT2D eigenvalue weighted by molar-refractivity contribution is 0.102. The number of benzene rings is 2. The maximum Gasteiger partial charge on any atom is 0.255 e. The molecule has 0 aromatic heterocycles. The molecule has 0 aliphatic carbocycles. The lowest BCUT2D eigenvalue weighted by atomic mass is 10.0. The van der Waals surface area contributed by atoms with Gasteiger partial charge in [0, 0.05) is 11.3 Å². The average molecular weight is 348 g/mol. The predicted octanol–water partition coefficient (Wildman–Crippen LogP) is 4.84. The van der Waals surface area contributed by atoms with Gasteiger partial charge in [-0.1, -0.05) is 26.0 Å². The fraction of sp³-hybridized carbons (Fsp3) is 0.235. The highest BCUT2D eigenvalue weighted by Gasteiger charge is 2.10. The molecule has 0 fully saturated rings. The standard InChI is InChI=1S/C17H18BrNO2/c1-10(2)12-4-6-13(7-5-12)17(21)19-14-8-11(3)16(20)15(18)9-14/h4-10,20H,1-3H3,(H,19,21). The van der Waals surface area contributed by atoms with Gasteiger partial charge in [0.2, 0.25) is 0 Å². The van der Waals surface area contributed by atoms with Crippen LogP contribution < -0.4 is 5.32 Å². The van der Waals surface area contributed by atoms with E-state index in [4.69, 9.17) is 0 Å². The van der Waals surface area contributed by atoms with Gasteiger partial charge in [0.15, 0.2) is 0 Å². The molecule has 2 N–H and O–H groups in total. The minimum Gasteiger partial charge on any atom is -0.506 e. The normalized spacial score (nSPS) is 10.7. The van der Waals surface area contributed by atoms with Crippen molar-refractivity contribution in [2.24, 2.45) is 0 Å². The summed E-state index contributed by atoms with van der Waals surface area (Å²) in [7, 11) is 0. The maximum atomic E-state index is 12.2. The van der Waals surface area contributed by atoms with E-state index in [0.717, 1.165) is 0 Å². The molecule has 2 rings (SSSR count). The molecule has 0 aliphatic rings. The van der Waals surface area contributed by atoms with Crippen molar-refractivity contribution in [2.75, 3.05) is 5.32 Å². The van der Waals surface area contributed by atoms with Crippen LogP contribution in [0.5, 0.6) is 5.75 Å². The highest BCUT2D eigenvalue weighted by atomic mass is 79.9. The van der Waals surface area contributed by atoms with E-state index in [0.29, 0.717) is 27.2 Å². The van der Waals surface area contributed by atoms with Crippen molar-refractivity contribution in [3.8, 4) is 5.75 Å². The first-order valence-electron chi connectivity index (χ1n) is 6.79. The summed E-state index contributed by atoms with van der Waals surface area (Å²) in [6.45, 7) is 6.02. The van der Waals surface area contributed by atoms with Gasteiger partial charge in [-0.15, -0.1) is 0 Å². The van der Waals surface area contributed by atoms with E-state index < -0.39 is 0 Å². The van der Waals surface area contributed by atoms with Crippen LogP contribution in [0.1, 0.15) is 41.3 Å². The summed E-state index contributed by atoms with van der Waals surface area (Å²) in [5.74, 6) is 0.467. The smallest absolute Gasteiger partial charge is 0.255 e. The molecule has 2 aromatic rings. The lowest BCUT2D eigenvalue weighted by Crippen LogP contribution is -2.12. The molecule has 0 aliphatic heterocycles. The SMILES string of the molecule is Cc1cc(NC(=O)c2ccc(C(C)C)cc2)cc(Br)c1O. The molecule has 0 saturated carbocycles. The molecule has 0 heterocycles. The number of halogens is 1. The Morgan fingerprint density at radius 3 is 2.33 bits per heavy atom. The number of anilines is 1. The van der Waals surface area contributed by atoms with Crippen molar-refractivity contribution < 1.29 is 9.90 Å². The van der Waals surface area contributed by atoms with E-state index >= 15 is 0 Å². The number of nitrogens with one attached hydrogen (secondary N) is 1. The number of carbonyl (C=O) groups excluding carboxylic acids is 1. The van der Waals surface area contributed by atoms with Crippen LogP contribution in [0, 0.1) is 6.92 Å². The summed E-state index contributed by atoms with van der Waals surface area (Å²) < 4.78 is 0.563. The third-order valence-corrected chi connectivity index (χ3v) is 3.96. The van der Waals surface area contributed by atoms with Gasteiger partial charge in [-0.2, -0.15) is 0 Å². The van der Waals surface area contributed by atoms with E-state index in [1.807, 2.05) is 24.3 Å². The first-order chi connectivity index (χ1) is 9.88. The molecule has 3 nitrogen and oxygen atoms in total. The Hall–Kier alpha value is -1.81. The molecule has 21 heavy (non-hydrogen) atoms. The summed E-state index contributed by atoms with van der Waals surface area (Å²) in [6, 6.07) is 11.0. The van der Waals surface area contributed by atoms with Crippen molar-refractivity contribution in [1.82, 2.24) is 0 Å². The van der Waals surface area contributed by atoms with Gasteiger partial charge in [-0.3, -0.25) is 4.79 Å². The Bertz CT molecular complexity index is 640. The number of hydrogen-bond donors (Lipinski definition) is 2. The third kappa shape index (κ3) is 3.64. The summed E-state index contributed by atoms with van der Waals surface area (Å²) in [6.07, 6.45) is 0.